The normalized spacial score (nSPS) is 22.4. The van der Waals surface area contributed by atoms with Crippen molar-refractivity contribution in [3.05, 3.63) is 34.0 Å². The quantitative estimate of drug-likeness (QED) is 0.944. The fourth-order valence-corrected chi connectivity index (χ4v) is 3.70. The van der Waals surface area contributed by atoms with Gasteiger partial charge in [0.15, 0.2) is 0 Å². The number of aromatic amines is 1. The maximum Gasteiger partial charge on any atom is 0.294 e. The Bertz CT molecular complexity index is 617. The van der Waals surface area contributed by atoms with Crippen LogP contribution in [0.1, 0.15) is 59.0 Å². The molecule has 1 saturated carbocycles. The van der Waals surface area contributed by atoms with Crippen LogP contribution < -0.4 is 0 Å². The van der Waals surface area contributed by atoms with Crippen LogP contribution in [0.3, 0.4) is 0 Å². The molecule has 1 aliphatic heterocycles. The molecular weight excluding hydrogens is 272 g/mol. The fraction of sp³-hybridized carbons (Fsp3) is 0.500. The van der Waals surface area contributed by atoms with E-state index < -0.39 is 0 Å². The number of hydrogen-bond acceptors (Lipinski definition) is 4. The third-order valence-electron chi connectivity index (χ3n) is 4.04. The van der Waals surface area contributed by atoms with Gasteiger partial charge >= 0.3 is 0 Å². The van der Waals surface area contributed by atoms with Crippen molar-refractivity contribution in [2.45, 2.75) is 37.6 Å². The number of amides is 1. The first-order valence-corrected chi connectivity index (χ1v) is 7.97. The Hall–Kier alpha value is -1.69. The first-order valence-electron chi connectivity index (χ1n) is 7.09. The molecule has 3 heterocycles. The standard InChI is InChI=1S/C14H16N4OS/c19-14(13-15-12(16-17-13)9-5-6-9)18-7-1-3-10(18)11-4-2-8-20-11/h2,4,8-10H,1,3,5-7H2,(H,15,16,17). The van der Waals surface area contributed by atoms with Crippen LogP contribution >= 0.6 is 11.3 Å². The molecule has 0 aromatic carbocycles. The minimum Gasteiger partial charge on any atom is -0.328 e. The molecule has 1 atom stereocenters. The molecule has 20 heavy (non-hydrogen) atoms. The second-order valence-electron chi connectivity index (χ2n) is 5.49. The summed E-state index contributed by atoms with van der Waals surface area (Å²) in [7, 11) is 0. The molecule has 2 aromatic heterocycles. The molecule has 2 aromatic rings. The Morgan fingerprint density at radius 3 is 3.05 bits per heavy atom. The summed E-state index contributed by atoms with van der Waals surface area (Å²) in [6.45, 7) is 0.800. The van der Waals surface area contributed by atoms with E-state index in [1.807, 2.05) is 11.0 Å². The first-order chi connectivity index (χ1) is 9.83. The number of carbonyl (C=O) groups excluding carboxylic acids is 1. The van der Waals surface area contributed by atoms with Crippen LogP contribution in [0.15, 0.2) is 17.5 Å². The molecule has 2 fully saturated rings. The Kier molecular flexibility index (Phi) is 2.84. The van der Waals surface area contributed by atoms with E-state index in [1.54, 1.807) is 11.3 Å². The van der Waals surface area contributed by atoms with E-state index in [0.29, 0.717) is 11.7 Å². The van der Waals surface area contributed by atoms with Crippen LogP contribution in [0.25, 0.3) is 0 Å². The summed E-state index contributed by atoms with van der Waals surface area (Å²) >= 11 is 1.71. The van der Waals surface area contributed by atoms with Crippen LogP contribution in [0.2, 0.25) is 0 Å². The second-order valence-corrected chi connectivity index (χ2v) is 6.47. The van der Waals surface area contributed by atoms with Gasteiger partial charge in [-0.25, -0.2) is 4.98 Å². The third-order valence-corrected chi connectivity index (χ3v) is 5.02. The van der Waals surface area contributed by atoms with Crippen molar-refractivity contribution in [3.8, 4) is 0 Å². The molecule has 4 rings (SSSR count). The number of nitrogens with one attached hydrogen (secondary N) is 1. The van der Waals surface area contributed by atoms with E-state index in [1.165, 1.54) is 4.88 Å². The van der Waals surface area contributed by atoms with Gasteiger partial charge in [-0.3, -0.25) is 9.89 Å². The lowest BCUT2D eigenvalue weighted by atomic mass is 10.2. The highest BCUT2D eigenvalue weighted by molar-refractivity contribution is 7.10. The van der Waals surface area contributed by atoms with Crippen molar-refractivity contribution >= 4 is 17.2 Å². The fourth-order valence-electron chi connectivity index (χ4n) is 2.82. The summed E-state index contributed by atoms with van der Waals surface area (Å²) in [5.74, 6) is 1.66. The predicted molar refractivity (Wildman–Crippen MR) is 75.7 cm³/mol. The Morgan fingerprint density at radius 2 is 2.30 bits per heavy atom. The van der Waals surface area contributed by atoms with Crippen molar-refractivity contribution in [2.75, 3.05) is 6.54 Å². The van der Waals surface area contributed by atoms with Crippen molar-refractivity contribution in [2.24, 2.45) is 0 Å². The van der Waals surface area contributed by atoms with E-state index in [2.05, 4.69) is 26.6 Å². The van der Waals surface area contributed by atoms with E-state index in [4.69, 9.17) is 0 Å². The molecule has 6 heteroatoms. The van der Waals surface area contributed by atoms with Crippen molar-refractivity contribution in [3.63, 3.8) is 0 Å². The third kappa shape index (κ3) is 2.04. The van der Waals surface area contributed by atoms with Crippen molar-refractivity contribution in [1.29, 1.82) is 0 Å². The molecule has 5 nitrogen and oxygen atoms in total. The van der Waals surface area contributed by atoms with Gasteiger partial charge in [0.25, 0.3) is 5.91 Å². The van der Waals surface area contributed by atoms with Crippen LogP contribution in [-0.4, -0.2) is 32.5 Å². The summed E-state index contributed by atoms with van der Waals surface area (Å²) in [5, 5.41) is 9.09. The maximum atomic E-state index is 12.6. The van der Waals surface area contributed by atoms with E-state index >= 15 is 0 Å². The molecule has 1 N–H and O–H groups in total. The van der Waals surface area contributed by atoms with Gasteiger partial charge in [0, 0.05) is 17.3 Å². The van der Waals surface area contributed by atoms with Crippen LogP contribution in [0.5, 0.6) is 0 Å². The zero-order valence-corrected chi connectivity index (χ0v) is 11.9. The SMILES string of the molecule is O=C(c1n[nH]c(C2CC2)n1)N1CCCC1c1cccs1. The lowest BCUT2D eigenvalue weighted by Crippen LogP contribution is -2.31. The summed E-state index contributed by atoms with van der Waals surface area (Å²) in [6, 6.07) is 4.35. The number of likely N-dealkylation sites (tertiary alicyclic amines) is 1. The molecule has 2 aliphatic rings. The van der Waals surface area contributed by atoms with E-state index in [-0.39, 0.29) is 11.9 Å². The number of thiophene rings is 1. The Labute approximate surface area is 121 Å². The van der Waals surface area contributed by atoms with Gasteiger partial charge in [0.05, 0.1) is 6.04 Å². The number of carbonyl (C=O) groups is 1. The number of nitrogens with zero attached hydrogens (tertiary/aromatic N) is 3. The van der Waals surface area contributed by atoms with Gasteiger partial charge in [0.1, 0.15) is 5.82 Å². The van der Waals surface area contributed by atoms with Gasteiger partial charge < -0.3 is 4.90 Å². The highest BCUT2D eigenvalue weighted by Crippen LogP contribution is 2.38. The lowest BCUT2D eigenvalue weighted by molar-refractivity contribution is 0.0726. The van der Waals surface area contributed by atoms with E-state index in [9.17, 15) is 4.79 Å². The molecule has 0 bridgehead atoms. The first kappa shape index (κ1) is 12.1. The van der Waals surface area contributed by atoms with Crippen LogP contribution in [-0.2, 0) is 0 Å². The lowest BCUT2D eigenvalue weighted by Gasteiger charge is -2.22. The minimum atomic E-state index is -0.0379. The maximum absolute atomic E-state index is 12.6. The number of rotatable bonds is 3. The zero-order chi connectivity index (χ0) is 13.5. The van der Waals surface area contributed by atoms with Gasteiger partial charge in [-0.1, -0.05) is 6.07 Å². The Morgan fingerprint density at radius 1 is 1.40 bits per heavy atom. The van der Waals surface area contributed by atoms with Crippen molar-refractivity contribution < 1.29 is 4.79 Å². The molecule has 0 radical (unpaired) electrons. The summed E-state index contributed by atoms with van der Waals surface area (Å²) in [5.41, 5.74) is 0. The van der Waals surface area contributed by atoms with E-state index in [0.717, 1.165) is 38.1 Å². The molecule has 1 saturated heterocycles. The number of hydrogen-bond donors (Lipinski definition) is 1. The molecular formula is C14H16N4OS. The topological polar surface area (TPSA) is 61.9 Å². The number of aromatic nitrogens is 3. The smallest absolute Gasteiger partial charge is 0.294 e. The average molecular weight is 288 g/mol. The summed E-state index contributed by atoms with van der Waals surface area (Å²) in [6.07, 6.45) is 4.40. The summed E-state index contributed by atoms with van der Waals surface area (Å²) < 4.78 is 0. The van der Waals surface area contributed by atoms with Gasteiger partial charge in [-0.2, -0.15) is 0 Å². The minimum absolute atomic E-state index is 0.0379. The Balaban J connectivity index is 1.57. The van der Waals surface area contributed by atoms with Crippen LogP contribution in [0.4, 0.5) is 0 Å². The predicted octanol–water partition coefficient (Wildman–Crippen LogP) is 2.72. The second kappa shape index (κ2) is 4.70. The average Bonchev–Trinajstić information content (AvgIpc) is 2.96. The summed E-state index contributed by atoms with van der Waals surface area (Å²) in [4.78, 5) is 20.2. The number of H-pyrrole nitrogens is 1. The molecule has 104 valence electrons. The largest absolute Gasteiger partial charge is 0.328 e. The zero-order valence-electron chi connectivity index (χ0n) is 11.1. The molecule has 0 spiro atoms. The highest BCUT2D eigenvalue weighted by Gasteiger charge is 2.34. The van der Waals surface area contributed by atoms with Crippen molar-refractivity contribution in [1.82, 2.24) is 20.1 Å². The van der Waals surface area contributed by atoms with Gasteiger partial charge in [-0.15, -0.1) is 16.4 Å². The molecule has 1 amide bonds. The monoisotopic (exact) mass is 288 g/mol. The van der Waals surface area contributed by atoms with Gasteiger partial charge in [0.2, 0.25) is 5.82 Å². The molecule has 1 aliphatic carbocycles. The molecule has 1 unspecified atom stereocenters. The van der Waals surface area contributed by atoms with Crippen LogP contribution in [0, 0.1) is 0 Å². The highest BCUT2D eigenvalue weighted by atomic mass is 32.1. The van der Waals surface area contributed by atoms with Gasteiger partial charge in [-0.05, 0) is 37.1 Å².